The van der Waals surface area contributed by atoms with Crippen molar-refractivity contribution in [2.45, 2.75) is 31.8 Å². The highest BCUT2D eigenvalue weighted by atomic mass is 15.4. The number of fused-ring (bicyclic) bond motifs is 3. The monoisotopic (exact) mass is 198 g/mol. The molecule has 3 aliphatic heterocycles. The van der Waals surface area contributed by atoms with E-state index in [1.54, 1.807) is 0 Å². The third kappa shape index (κ3) is 1.93. The molecule has 3 N–H and O–H groups in total. The van der Waals surface area contributed by atoms with Crippen molar-refractivity contribution in [2.24, 2.45) is 5.84 Å². The Morgan fingerprint density at radius 3 is 2.50 bits per heavy atom. The predicted octanol–water partition coefficient (Wildman–Crippen LogP) is -0.382. The molecule has 0 spiro atoms. The van der Waals surface area contributed by atoms with Gasteiger partial charge in [-0.3, -0.25) is 21.1 Å². The fraction of sp³-hybridized carbons (Fsp3) is 1.00. The van der Waals surface area contributed by atoms with Crippen LogP contribution in [0.4, 0.5) is 0 Å². The van der Waals surface area contributed by atoms with Gasteiger partial charge in [0.2, 0.25) is 0 Å². The summed E-state index contributed by atoms with van der Waals surface area (Å²) in [5.74, 6) is 5.63. The molecule has 0 aromatic rings. The second kappa shape index (κ2) is 4.57. The largest absolute Gasteiger partial charge is 0.299 e. The van der Waals surface area contributed by atoms with Gasteiger partial charge in [-0.1, -0.05) is 13.3 Å². The van der Waals surface area contributed by atoms with Crippen LogP contribution in [0.3, 0.4) is 0 Å². The summed E-state index contributed by atoms with van der Waals surface area (Å²) in [5, 5.41) is 0. The zero-order valence-corrected chi connectivity index (χ0v) is 9.08. The van der Waals surface area contributed by atoms with E-state index in [1.807, 2.05) is 0 Å². The first-order valence-corrected chi connectivity index (χ1v) is 5.77. The zero-order chi connectivity index (χ0) is 9.97. The van der Waals surface area contributed by atoms with Gasteiger partial charge in [0.25, 0.3) is 0 Å². The molecule has 0 radical (unpaired) electrons. The molecule has 3 saturated heterocycles. The van der Waals surface area contributed by atoms with Crippen LogP contribution in [0.15, 0.2) is 0 Å². The molecule has 2 unspecified atom stereocenters. The van der Waals surface area contributed by atoms with Gasteiger partial charge < -0.3 is 0 Å². The van der Waals surface area contributed by atoms with E-state index in [-0.39, 0.29) is 0 Å². The Morgan fingerprint density at radius 1 is 1.36 bits per heavy atom. The van der Waals surface area contributed by atoms with Gasteiger partial charge in [-0.2, -0.15) is 0 Å². The number of nitrogens with one attached hydrogen (secondary N) is 1. The Kier molecular flexibility index (Phi) is 3.38. The summed E-state index contributed by atoms with van der Waals surface area (Å²) in [5.41, 5.74) is 2.99. The first-order valence-electron chi connectivity index (χ1n) is 5.77. The maximum Gasteiger partial charge on any atom is 0.0391 e. The Labute approximate surface area is 86.4 Å². The molecule has 2 bridgehead atoms. The lowest BCUT2D eigenvalue weighted by atomic mass is 9.97. The molecule has 0 amide bonds. The minimum atomic E-state index is 0.475. The molecule has 0 aliphatic carbocycles. The van der Waals surface area contributed by atoms with Gasteiger partial charge in [0.1, 0.15) is 0 Å². The molecule has 0 aromatic carbocycles. The lowest BCUT2D eigenvalue weighted by Gasteiger charge is -2.50. The van der Waals surface area contributed by atoms with Crippen LogP contribution >= 0.6 is 0 Å². The summed E-state index contributed by atoms with van der Waals surface area (Å²) in [6, 6.07) is 1.12. The summed E-state index contributed by atoms with van der Waals surface area (Å²) < 4.78 is 0. The van der Waals surface area contributed by atoms with Crippen LogP contribution in [0.25, 0.3) is 0 Å². The van der Waals surface area contributed by atoms with E-state index in [0.29, 0.717) is 12.1 Å². The average molecular weight is 198 g/mol. The molecular formula is C10H22N4. The fourth-order valence-corrected chi connectivity index (χ4v) is 2.74. The number of rotatable bonds is 4. The molecule has 82 valence electrons. The number of hydrogen-bond acceptors (Lipinski definition) is 4. The standard InChI is InChI=1S/C10H22N4/c1-2-3-9(12-11)10-8-13-4-6-14(10)7-5-13/h9-10,12H,2-8,11H2,1H3. The van der Waals surface area contributed by atoms with E-state index in [2.05, 4.69) is 22.1 Å². The summed E-state index contributed by atoms with van der Waals surface area (Å²) in [4.78, 5) is 5.16. The van der Waals surface area contributed by atoms with Crippen molar-refractivity contribution in [3.63, 3.8) is 0 Å². The van der Waals surface area contributed by atoms with Gasteiger partial charge in [-0.15, -0.1) is 0 Å². The number of hydrogen-bond donors (Lipinski definition) is 2. The van der Waals surface area contributed by atoms with E-state index in [4.69, 9.17) is 5.84 Å². The normalized spacial score (nSPS) is 38.6. The Hall–Kier alpha value is -0.160. The highest BCUT2D eigenvalue weighted by Gasteiger charge is 2.35. The summed E-state index contributed by atoms with van der Waals surface area (Å²) in [6.45, 7) is 8.38. The molecule has 4 heteroatoms. The quantitative estimate of drug-likeness (QED) is 0.477. The molecule has 14 heavy (non-hydrogen) atoms. The van der Waals surface area contributed by atoms with Crippen molar-refractivity contribution < 1.29 is 0 Å². The second-order valence-corrected chi connectivity index (χ2v) is 4.47. The zero-order valence-electron chi connectivity index (χ0n) is 9.08. The average Bonchev–Trinajstić information content (AvgIpc) is 2.27. The van der Waals surface area contributed by atoms with Crippen molar-refractivity contribution in [1.82, 2.24) is 15.2 Å². The third-order valence-electron chi connectivity index (χ3n) is 3.60. The van der Waals surface area contributed by atoms with Crippen molar-refractivity contribution >= 4 is 0 Å². The first kappa shape index (κ1) is 10.4. The van der Waals surface area contributed by atoms with Crippen LogP contribution < -0.4 is 11.3 Å². The van der Waals surface area contributed by atoms with E-state index < -0.39 is 0 Å². The minimum Gasteiger partial charge on any atom is -0.299 e. The highest BCUT2D eigenvalue weighted by Crippen LogP contribution is 2.19. The predicted molar refractivity (Wildman–Crippen MR) is 57.8 cm³/mol. The number of nitrogens with two attached hydrogens (primary N) is 1. The molecule has 2 atom stereocenters. The van der Waals surface area contributed by atoms with Gasteiger partial charge in [0.05, 0.1) is 0 Å². The Morgan fingerprint density at radius 2 is 2.07 bits per heavy atom. The summed E-state index contributed by atoms with van der Waals surface area (Å²) in [7, 11) is 0. The lowest BCUT2D eigenvalue weighted by Crippen LogP contribution is -2.66. The summed E-state index contributed by atoms with van der Waals surface area (Å²) in [6.07, 6.45) is 2.39. The maximum atomic E-state index is 5.63. The third-order valence-corrected chi connectivity index (χ3v) is 3.60. The fourth-order valence-electron chi connectivity index (χ4n) is 2.74. The molecule has 3 aliphatic rings. The lowest BCUT2D eigenvalue weighted by molar-refractivity contribution is -0.00457. The number of piperazine rings is 3. The molecular weight excluding hydrogens is 176 g/mol. The number of nitrogens with zero attached hydrogens (tertiary/aromatic N) is 2. The maximum absolute atomic E-state index is 5.63. The van der Waals surface area contributed by atoms with Crippen LogP contribution in [-0.4, -0.2) is 54.6 Å². The van der Waals surface area contributed by atoms with E-state index >= 15 is 0 Å². The van der Waals surface area contributed by atoms with Crippen molar-refractivity contribution in [2.75, 3.05) is 32.7 Å². The van der Waals surface area contributed by atoms with Gasteiger partial charge in [-0.25, -0.2) is 0 Å². The smallest absolute Gasteiger partial charge is 0.0391 e. The van der Waals surface area contributed by atoms with E-state index in [9.17, 15) is 0 Å². The van der Waals surface area contributed by atoms with Gasteiger partial charge in [0, 0.05) is 44.8 Å². The van der Waals surface area contributed by atoms with Gasteiger partial charge in [0.15, 0.2) is 0 Å². The summed E-state index contributed by atoms with van der Waals surface area (Å²) >= 11 is 0. The van der Waals surface area contributed by atoms with E-state index in [0.717, 1.165) is 0 Å². The van der Waals surface area contributed by atoms with Gasteiger partial charge >= 0.3 is 0 Å². The SMILES string of the molecule is CCCC(NN)C1CN2CCN1CC2. The van der Waals surface area contributed by atoms with E-state index in [1.165, 1.54) is 45.6 Å². The van der Waals surface area contributed by atoms with Crippen LogP contribution in [0.2, 0.25) is 0 Å². The highest BCUT2D eigenvalue weighted by molar-refractivity contribution is 4.93. The Balaban J connectivity index is 1.95. The number of hydrazine groups is 1. The van der Waals surface area contributed by atoms with Crippen molar-refractivity contribution in [1.29, 1.82) is 0 Å². The molecule has 0 saturated carbocycles. The van der Waals surface area contributed by atoms with Crippen molar-refractivity contribution in [3.8, 4) is 0 Å². The molecule has 3 heterocycles. The Bertz CT molecular complexity index is 177. The van der Waals surface area contributed by atoms with Gasteiger partial charge in [-0.05, 0) is 6.42 Å². The molecule has 3 rings (SSSR count). The van der Waals surface area contributed by atoms with Crippen LogP contribution in [-0.2, 0) is 0 Å². The van der Waals surface area contributed by atoms with Crippen LogP contribution in [0.1, 0.15) is 19.8 Å². The minimum absolute atomic E-state index is 0.475. The van der Waals surface area contributed by atoms with Crippen molar-refractivity contribution in [3.05, 3.63) is 0 Å². The molecule has 3 fully saturated rings. The molecule has 0 aromatic heterocycles. The molecule has 4 nitrogen and oxygen atoms in total. The first-order chi connectivity index (χ1) is 6.85. The second-order valence-electron chi connectivity index (χ2n) is 4.47. The topological polar surface area (TPSA) is 44.5 Å². The van der Waals surface area contributed by atoms with Crippen LogP contribution in [0.5, 0.6) is 0 Å². The van der Waals surface area contributed by atoms with Crippen LogP contribution in [0, 0.1) is 0 Å².